The second kappa shape index (κ2) is 8.94. The van der Waals surface area contributed by atoms with Crippen LogP contribution in [0.2, 0.25) is 0 Å². The van der Waals surface area contributed by atoms with Gasteiger partial charge < -0.3 is 10.1 Å². The first kappa shape index (κ1) is 18.6. The van der Waals surface area contributed by atoms with E-state index in [-0.39, 0.29) is 30.3 Å². The number of rotatable bonds is 7. The van der Waals surface area contributed by atoms with Gasteiger partial charge in [0.05, 0.1) is 6.04 Å². The van der Waals surface area contributed by atoms with Gasteiger partial charge in [-0.2, -0.15) is 0 Å². The van der Waals surface area contributed by atoms with Gasteiger partial charge >= 0.3 is 5.97 Å². The zero-order valence-electron chi connectivity index (χ0n) is 14.8. The minimum atomic E-state index is -0.673. The Hall–Kier alpha value is -1.72. The maximum absolute atomic E-state index is 12.9. The van der Waals surface area contributed by atoms with E-state index >= 15 is 0 Å². The molecule has 1 aliphatic heterocycles. The molecule has 0 aromatic heterocycles. The van der Waals surface area contributed by atoms with Gasteiger partial charge in [0, 0.05) is 0 Å². The van der Waals surface area contributed by atoms with Gasteiger partial charge in [-0.25, -0.2) is 0 Å². The molecule has 1 aliphatic rings. The molecule has 1 saturated heterocycles. The van der Waals surface area contributed by atoms with Crippen LogP contribution in [0.3, 0.4) is 0 Å². The lowest BCUT2D eigenvalue weighted by Gasteiger charge is -2.31. The minimum Gasteiger partial charge on any atom is -0.460 e. The number of Topliss-reactive ketones (excluding diaryl/α,β-unsaturated/α-hetero) is 1. The number of carbonyl (C=O) groups is 2. The van der Waals surface area contributed by atoms with Crippen LogP contribution in [0.1, 0.15) is 25.3 Å². The van der Waals surface area contributed by atoms with Gasteiger partial charge in [-0.15, -0.1) is 0 Å². The number of likely N-dealkylation sites (N-methyl/N-ethyl adjacent to an activating group) is 1. The van der Waals surface area contributed by atoms with Crippen molar-refractivity contribution in [1.82, 2.24) is 10.2 Å². The number of hydrogen-bond acceptors (Lipinski definition) is 5. The first-order chi connectivity index (χ1) is 11.5. The molecule has 2 unspecified atom stereocenters. The molecule has 1 heterocycles. The fraction of sp³-hybridized carbons (Fsp3) is 0.579. The van der Waals surface area contributed by atoms with E-state index in [0.29, 0.717) is 0 Å². The first-order valence-corrected chi connectivity index (χ1v) is 8.62. The Bertz CT molecular complexity index is 539. The molecule has 24 heavy (non-hydrogen) atoms. The van der Waals surface area contributed by atoms with Crippen LogP contribution in [0.5, 0.6) is 0 Å². The molecule has 5 nitrogen and oxygen atoms in total. The van der Waals surface area contributed by atoms with Crippen molar-refractivity contribution in [3.8, 4) is 0 Å². The number of carbonyl (C=O) groups excluding carboxylic acids is 2. The highest BCUT2D eigenvalue weighted by Crippen LogP contribution is 2.26. The maximum atomic E-state index is 12.9. The number of esters is 1. The highest BCUT2D eigenvalue weighted by molar-refractivity contribution is 6.01. The van der Waals surface area contributed by atoms with E-state index in [1.54, 1.807) is 0 Å². The summed E-state index contributed by atoms with van der Waals surface area (Å²) in [7, 11) is 3.72. The fourth-order valence-electron chi connectivity index (χ4n) is 3.05. The predicted molar refractivity (Wildman–Crippen MR) is 93.5 cm³/mol. The van der Waals surface area contributed by atoms with Crippen LogP contribution in [0.25, 0.3) is 0 Å². The van der Waals surface area contributed by atoms with Crippen LogP contribution in [0, 0.1) is 11.8 Å². The molecule has 1 aromatic carbocycles. The van der Waals surface area contributed by atoms with Crippen molar-refractivity contribution in [3.05, 3.63) is 35.9 Å². The third-order valence-electron chi connectivity index (χ3n) is 4.83. The van der Waals surface area contributed by atoms with Gasteiger partial charge in [-0.3, -0.25) is 14.5 Å². The molecule has 1 fully saturated rings. The molecule has 2 atom stereocenters. The van der Waals surface area contributed by atoms with Crippen LogP contribution < -0.4 is 5.32 Å². The van der Waals surface area contributed by atoms with Gasteiger partial charge in [-0.05, 0) is 58.4 Å². The van der Waals surface area contributed by atoms with Gasteiger partial charge in [-0.1, -0.05) is 30.3 Å². The van der Waals surface area contributed by atoms with Crippen molar-refractivity contribution >= 4 is 11.8 Å². The summed E-state index contributed by atoms with van der Waals surface area (Å²) >= 11 is 0. The van der Waals surface area contributed by atoms with Crippen LogP contribution >= 0.6 is 0 Å². The van der Waals surface area contributed by atoms with E-state index in [0.717, 1.165) is 31.5 Å². The highest BCUT2D eigenvalue weighted by Gasteiger charge is 2.39. The van der Waals surface area contributed by atoms with Crippen LogP contribution in [0.15, 0.2) is 30.3 Å². The van der Waals surface area contributed by atoms with Crippen molar-refractivity contribution in [1.29, 1.82) is 0 Å². The van der Waals surface area contributed by atoms with Gasteiger partial charge in [0.15, 0.2) is 5.78 Å². The third-order valence-corrected chi connectivity index (χ3v) is 4.83. The third kappa shape index (κ3) is 4.89. The lowest BCUT2D eigenvalue weighted by Crippen LogP contribution is -2.46. The molecule has 1 aromatic rings. The van der Waals surface area contributed by atoms with Crippen LogP contribution in [-0.2, 0) is 20.9 Å². The number of piperidine rings is 1. The van der Waals surface area contributed by atoms with Crippen molar-refractivity contribution < 1.29 is 14.3 Å². The number of nitrogens with zero attached hydrogens (tertiary/aromatic N) is 1. The molecule has 0 aliphatic carbocycles. The summed E-state index contributed by atoms with van der Waals surface area (Å²) in [4.78, 5) is 27.4. The van der Waals surface area contributed by atoms with Crippen molar-refractivity contribution in [2.45, 2.75) is 32.4 Å². The van der Waals surface area contributed by atoms with Crippen LogP contribution in [-0.4, -0.2) is 49.9 Å². The van der Waals surface area contributed by atoms with E-state index < -0.39 is 5.92 Å². The smallest absolute Gasteiger partial charge is 0.317 e. The lowest BCUT2D eigenvalue weighted by molar-refractivity contribution is -0.157. The lowest BCUT2D eigenvalue weighted by atomic mass is 9.80. The highest BCUT2D eigenvalue weighted by atomic mass is 16.5. The molecular weight excluding hydrogens is 304 g/mol. The molecular formula is C19H28N2O3. The van der Waals surface area contributed by atoms with E-state index in [2.05, 4.69) is 5.32 Å². The Balaban J connectivity index is 2.08. The summed E-state index contributed by atoms with van der Waals surface area (Å²) in [6, 6.07) is 9.27. The number of hydrogen-bond donors (Lipinski definition) is 1. The molecule has 0 saturated carbocycles. The normalized spacial score (nSPS) is 18.2. The summed E-state index contributed by atoms with van der Waals surface area (Å²) in [6.45, 7) is 3.75. The predicted octanol–water partition coefficient (Wildman–Crippen LogP) is 1.86. The fourth-order valence-corrected chi connectivity index (χ4v) is 3.05. The quantitative estimate of drug-likeness (QED) is 0.610. The summed E-state index contributed by atoms with van der Waals surface area (Å²) < 4.78 is 5.50. The number of nitrogens with one attached hydrogen (secondary N) is 1. The molecule has 0 radical (unpaired) electrons. The van der Waals surface area contributed by atoms with Gasteiger partial charge in [0.2, 0.25) is 0 Å². The van der Waals surface area contributed by atoms with Crippen LogP contribution in [0.4, 0.5) is 0 Å². The minimum absolute atomic E-state index is 0.0371. The number of benzene rings is 1. The summed E-state index contributed by atoms with van der Waals surface area (Å²) in [5.41, 5.74) is 0.933. The molecule has 1 N–H and O–H groups in total. The SMILES string of the molecule is CC(C(=O)C(C(=O)OCc1ccccc1)C1CCNCC1)N(C)C. The maximum Gasteiger partial charge on any atom is 0.317 e. The van der Waals surface area contributed by atoms with Crippen molar-refractivity contribution in [2.75, 3.05) is 27.2 Å². The Kier molecular flexibility index (Phi) is 6.94. The van der Waals surface area contributed by atoms with E-state index in [9.17, 15) is 9.59 Å². The van der Waals surface area contributed by atoms with Gasteiger partial charge in [0.1, 0.15) is 12.5 Å². The molecule has 2 rings (SSSR count). The number of ether oxygens (including phenoxy) is 1. The Morgan fingerprint density at radius 1 is 1.21 bits per heavy atom. The standard InChI is InChI=1S/C19H28N2O3/c1-14(21(2)3)18(22)17(16-9-11-20-12-10-16)19(23)24-13-15-7-5-4-6-8-15/h4-8,14,16-17,20H,9-13H2,1-3H3. The molecule has 0 amide bonds. The Morgan fingerprint density at radius 3 is 2.42 bits per heavy atom. The summed E-state index contributed by atoms with van der Waals surface area (Å²) in [5.74, 6) is -1.04. The average molecular weight is 332 g/mol. The Labute approximate surface area is 144 Å². The average Bonchev–Trinajstić information content (AvgIpc) is 2.61. The largest absolute Gasteiger partial charge is 0.460 e. The monoisotopic (exact) mass is 332 g/mol. The summed E-state index contributed by atoms with van der Waals surface area (Å²) in [6.07, 6.45) is 1.66. The van der Waals surface area contributed by atoms with E-state index in [1.807, 2.05) is 56.3 Å². The van der Waals surface area contributed by atoms with Crippen molar-refractivity contribution in [3.63, 3.8) is 0 Å². The molecule has 0 bridgehead atoms. The molecule has 0 spiro atoms. The number of ketones is 1. The zero-order chi connectivity index (χ0) is 17.5. The van der Waals surface area contributed by atoms with E-state index in [4.69, 9.17) is 4.74 Å². The molecule has 132 valence electrons. The van der Waals surface area contributed by atoms with E-state index in [1.165, 1.54) is 0 Å². The second-order valence-corrected chi connectivity index (χ2v) is 6.70. The summed E-state index contributed by atoms with van der Waals surface area (Å²) in [5, 5.41) is 3.28. The molecule has 5 heteroatoms. The van der Waals surface area contributed by atoms with Gasteiger partial charge in [0.25, 0.3) is 0 Å². The van der Waals surface area contributed by atoms with Crippen molar-refractivity contribution in [2.24, 2.45) is 11.8 Å². The zero-order valence-corrected chi connectivity index (χ0v) is 14.8. The first-order valence-electron chi connectivity index (χ1n) is 8.62. The topological polar surface area (TPSA) is 58.6 Å². The second-order valence-electron chi connectivity index (χ2n) is 6.70. The Morgan fingerprint density at radius 2 is 1.83 bits per heavy atom.